The summed E-state index contributed by atoms with van der Waals surface area (Å²) in [7, 11) is 1.61. The lowest BCUT2D eigenvalue weighted by molar-refractivity contribution is -0.135. The van der Waals surface area contributed by atoms with Crippen molar-refractivity contribution >= 4 is 11.8 Å². The molecule has 0 aliphatic carbocycles. The molecule has 2 rings (SSSR count). The van der Waals surface area contributed by atoms with Crippen molar-refractivity contribution in [3.8, 4) is 5.75 Å². The fraction of sp³-hybridized carbons (Fsp3) is 0.429. The van der Waals surface area contributed by atoms with Gasteiger partial charge in [0.1, 0.15) is 5.75 Å². The molecule has 108 valence electrons. The predicted molar refractivity (Wildman–Crippen MR) is 73.9 cm³/mol. The van der Waals surface area contributed by atoms with Gasteiger partial charge in [0.05, 0.1) is 19.6 Å². The molecular weight excluding hydrogens is 258 g/mol. The summed E-state index contributed by atoms with van der Waals surface area (Å²) >= 11 is 0. The van der Waals surface area contributed by atoms with Crippen molar-refractivity contribution in [1.82, 2.24) is 4.90 Å². The van der Waals surface area contributed by atoms with Gasteiger partial charge in [-0.3, -0.25) is 9.59 Å². The highest BCUT2D eigenvalue weighted by molar-refractivity contribution is 5.87. The Kier molecular flexibility index (Phi) is 4.24. The van der Waals surface area contributed by atoms with E-state index < -0.39 is 11.9 Å². The minimum Gasteiger partial charge on any atom is -0.496 e. The minimum atomic E-state index is -0.872. The monoisotopic (exact) mass is 277 g/mol. The predicted octanol–water partition coefficient (Wildman–Crippen LogP) is -0.217. The Balaban J connectivity index is 2.14. The van der Waals surface area contributed by atoms with Gasteiger partial charge in [-0.2, -0.15) is 0 Å². The van der Waals surface area contributed by atoms with E-state index in [1.165, 1.54) is 5.56 Å². The van der Waals surface area contributed by atoms with Crippen molar-refractivity contribution in [2.24, 2.45) is 11.5 Å². The molecule has 1 atom stereocenters. The molecule has 2 amide bonds. The van der Waals surface area contributed by atoms with Crippen LogP contribution in [-0.2, 0) is 22.6 Å². The molecule has 4 N–H and O–H groups in total. The van der Waals surface area contributed by atoms with Gasteiger partial charge in [0.2, 0.25) is 11.8 Å². The molecule has 1 aromatic carbocycles. The van der Waals surface area contributed by atoms with Crippen LogP contribution in [0.25, 0.3) is 0 Å². The first kappa shape index (κ1) is 14.3. The molecule has 20 heavy (non-hydrogen) atoms. The molecule has 6 heteroatoms. The number of hydrogen-bond acceptors (Lipinski definition) is 4. The molecule has 0 fully saturated rings. The molecular formula is C14H19N3O3. The summed E-state index contributed by atoms with van der Waals surface area (Å²) in [4.78, 5) is 24.7. The third-order valence-corrected chi connectivity index (χ3v) is 3.50. The van der Waals surface area contributed by atoms with E-state index in [1.54, 1.807) is 12.0 Å². The Morgan fingerprint density at radius 3 is 2.85 bits per heavy atom. The van der Waals surface area contributed by atoms with Crippen LogP contribution in [0.3, 0.4) is 0 Å². The standard InChI is InChI=1S/C14H19N3O3/c1-20-12-4-2-3-9-5-6-17(8-10(9)12)14(19)11(15)7-13(16)18/h2-4,11H,5-8,15H2,1H3,(H2,16,18)/t11-/m0/s1. The minimum absolute atomic E-state index is 0.131. The van der Waals surface area contributed by atoms with E-state index in [0.717, 1.165) is 17.7 Å². The zero-order valence-electron chi connectivity index (χ0n) is 11.5. The molecule has 1 aliphatic heterocycles. The Morgan fingerprint density at radius 2 is 2.20 bits per heavy atom. The second-order valence-corrected chi connectivity index (χ2v) is 4.88. The molecule has 1 aliphatic rings. The number of carbonyl (C=O) groups is 2. The number of primary amides is 1. The number of benzene rings is 1. The van der Waals surface area contributed by atoms with Gasteiger partial charge in [-0.05, 0) is 18.1 Å². The second kappa shape index (κ2) is 5.92. The Hall–Kier alpha value is -2.08. The molecule has 0 saturated carbocycles. The van der Waals surface area contributed by atoms with E-state index >= 15 is 0 Å². The van der Waals surface area contributed by atoms with Gasteiger partial charge in [-0.25, -0.2) is 0 Å². The lowest BCUT2D eigenvalue weighted by Crippen LogP contribution is -2.47. The SMILES string of the molecule is COc1cccc2c1CN(C(=O)[C@@H](N)CC(N)=O)CC2. The van der Waals surface area contributed by atoms with Crippen LogP contribution in [0.4, 0.5) is 0 Å². The smallest absolute Gasteiger partial charge is 0.240 e. The Morgan fingerprint density at radius 1 is 1.45 bits per heavy atom. The van der Waals surface area contributed by atoms with E-state index in [-0.39, 0.29) is 12.3 Å². The van der Waals surface area contributed by atoms with Crippen LogP contribution >= 0.6 is 0 Å². The summed E-state index contributed by atoms with van der Waals surface area (Å²) in [5, 5.41) is 0. The van der Waals surface area contributed by atoms with Crippen molar-refractivity contribution in [3.05, 3.63) is 29.3 Å². The molecule has 0 spiro atoms. The van der Waals surface area contributed by atoms with E-state index in [9.17, 15) is 9.59 Å². The lowest BCUT2D eigenvalue weighted by atomic mass is 9.98. The van der Waals surface area contributed by atoms with E-state index in [1.807, 2.05) is 18.2 Å². The number of amides is 2. The molecule has 6 nitrogen and oxygen atoms in total. The maximum absolute atomic E-state index is 12.2. The van der Waals surface area contributed by atoms with Crippen LogP contribution in [0.5, 0.6) is 5.75 Å². The second-order valence-electron chi connectivity index (χ2n) is 4.88. The molecule has 1 heterocycles. The van der Waals surface area contributed by atoms with Gasteiger partial charge in [0, 0.05) is 18.7 Å². The maximum Gasteiger partial charge on any atom is 0.240 e. The van der Waals surface area contributed by atoms with Crippen LogP contribution in [0.1, 0.15) is 17.5 Å². The van der Waals surface area contributed by atoms with Gasteiger partial charge in [0.15, 0.2) is 0 Å². The van der Waals surface area contributed by atoms with Crippen LogP contribution in [-0.4, -0.2) is 36.4 Å². The van der Waals surface area contributed by atoms with Crippen LogP contribution in [0.15, 0.2) is 18.2 Å². The average molecular weight is 277 g/mol. The van der Waals surface area contributed by atoms with Gasteiger partial charge in [-0.1, -0.05) is 12.1 Å². The fourth-order valence-corrected chi connectivity index (χ4v) is 2.47. The summed E-state index contributed by atoms with van der Waals surface area (Å²) in [6.45, 7) is 1.04. The number of fused-ring (bicyclic) bond motifs is 1. The number of carbonyl (C=O) groups excluding carboxylic acids is 2. The average Bonchev–Trinajstić information content (AvgIpc) is 2.44. The number of ether oxygens (including phenoxy) is 1. The molecule has 0 bridgehead atoms. The normalized spacial score (nSPS) is 15.4. The van der Waals surface area contributed by atoms with Gasteiger partial charge >= 0.3 is 0 Å². The highest BCUT2D eigenvalue weighted by atomic mass is 16.5. The van der Waals surface area contributed by atoms with Gasteiger partial charge < -0.3 is 21.1 Å². The first-order valence-corrected chi connectivity index (χ1v) is 6.50. The fourth-order valence-electron chi connectivity index (χ4n) is 2.47. The van der Waals surface area contributed by atoms with Crippen LogP contribution in [0.2, 0.25) is 0 Å². The molecule has 1 aromatic rings. The summed E-state index contributed by atoms with van der Waals surface area (Å²) in [5.74, 6) is -0.0512. The Bertz CT molecular complexity index is 516. The number of hydrogen-bond donors (Lipinski definition) is 2. The van der Waals surface area contributed by atoms with Crippen molar-refractivity contribution in [3.63, 3.8) is 0 Å². The largest absolute Gasteiger partial charge is 0.496 e. The molecule has 0 aromatic heterocycles. The summed E-state index contributed by atoms with van der Waals surface area (Å²) < 4.78 is 5.32. The maximum atomic E-state index is 12.2. The zero-order chi connectivity index (χ0) is 14.7. The summed E-state index contributed by atoms with van der Waals surface area (Å²) in [5.41, 5.74) is 13.0. The number of rotatable bonds is 4. The highest BCUT2D eigenvalue weighted by Crippen LogP contribution is 2.28. The quantitative estimate of drug-likeness (QED) is 0.795. The van der Waals surface area contributed by atoms with Crippen LogP contribution in [0, 0.1) is 0 Å². The van der Waals surface area contributed by atoms with E-state index in [2.05, 4.69) is 0 Å². The van der Waals surface area contributed by atoms with E-state index in [0.29, 0.717) is 13.1 Å². The zero-order valence-corrected chi connectivity index (χ0v) is 11.5. The van der Waals surface area contributed by atoms with Crippen molar-refractivity contribution in [2.45, 2.75) is 25.4 Å². The number of nitrogens with two attached hydrogens (primary N) is 2. The van der Waals surface area contributed by atoms with Crippen molar-refractivity contribution < 1.29 is 14.3 Å². The van der Waals surface area contributed by atoms with Crippen molar-refractivity contribution in [1.29, 1.82) is 0 Å². The molecule has 0 radical (unpaired) electrons. The van der Waals surface area contributed by atoms with Gasteiger partial charge in [0.25, 0.3) is 0 Å². The van der Waals surface area contributed by atoms with Gasteiger partial charge in [-0.15, -0.1) is 0 Å². The number of nitrogens with zero attached hydrogens (tertiary/aromatic N) is 1. The van der Waals surface area contributed by atoms with Crippen LogP contribution < -0.4 is 16.2 Å². The lowest BCUT2D eigenvalue weighted by Gasteiger charge is -2.31. The summed E-state index contributed by atoms with van der Waals surface area (Å²) in [6, 6.07) is 4.97. The third-order valence-electron chi connectivity index (χ3n) is 3.50. The highest BCUT2D eigenvalue weighted by Gasteiger charge is 2.27. The molecule has 0 saturated heterocycles. The topological polar surface area (TPSA) is 98.7 Å². The number of methoxy groups -OCH3 is 1. The molecule has 0 unspecified atom stereocenters. The first-order valence-electron chi connectivity index (χ1n) is 6.50. The van der Waals surface area contributed by atoms with Crippen molar-refractivity contribution in [2.75, 3.05) is 13.7 Å². The van der Waals surface area contributed by atoms with E-state index in [4.69, 9.17) is 16.2 Å². The third kappa shape index (κ3) is 2.91. The Labute approximate surface area is 117 Å². The summed E-state index contributed by atoms with van der Waals surface area (Å²) in [6.07, 6.45) is 0.621. The first-order chi connectivity index (χ1) is 9.52.